The Hall–Kier alpha value is -3.01. The Morgan fingerprint density at radius 3 is 2.24 bits per heavy atom. The molecule has 0 bridgehead atoms. The van der Waals surface area contributed by atoms with E-state index in [1.165, 1.54) is 12.1 Å². The van der Waals surface area contributed by atoms with E-state index in [0.717, 1.165) is 29.8 Å². The van der Waals surface area contributed by atoms with E-state index in [1.54, 1.807) is 30.3 Å². The van der Waals surface area contributed by atoms with Gasteiger partial charge >= 0.3 is 0 Å². The van der Waals surface area contributed by atoms with Crippen molar-refractivity contribution in [3.63, 3.8) is 0 Å². The fourth-order valence-electron chi connectivity index (χ4n) is 4.42. The fraction of sp³-hybridized carbons (Fsp3) is 0.280. The average Bonchev–Trinajstić information content (AvgIpc) is 2.91. The molecule has 2 aromatic rings. The molecule has 0 fully saturated rings. The normalized spacial score (nSPS) is 17.2. The first-order chi connectivity index (χ1) is 13.7. The van der Waals surface area contributed by atoms with Crippen molar-refractivity contribution in [3.8, 4) is 0 Å². The lowest BCUT2D eigenvalue weighted by molar-refractivity contribution is 0.0990. The Morgan fingerprint density at radius 2 is 1.66 bits per heavy atom. The first-order valence-electron chi connectivity index (χ1n) is 9.95. The minimum Gasteiger partial charge on any atom is -0.362 e. The maximum atomic E-state index is 15.1. The number of Topliss-reactive ketones (excluding diaryl/α,β-unsaturated/α-hetero) is 2. The Balaban J connectivity index is 1.83. The summed E-state index contributed by atoms with van der Waals surface area (Å²) in [5, 5.41) is 0. The summed E-state index contributed by atoms with van der Waals surface area (Å²) in [6.45, 7) is 9.17. The third-order valence-electron chi connectivity index (χ3n) is 5.75. The van der Waals surface area contributed by atoms with Crippen LogP contribution in [0.25, 0.3) is 11.6 Å². The van der Waals surface area contributed by atoms with Crippen molar-refractivity contribution in [2.75, 3.05) is 11.4 Å². The molecule has 0 N–H and O–H groups in total. The number of benzene rings is 2. The number of fused-ring (bicyclic) bond motifs is 2. The molecule has 1 aliphatic carbocycles. The summed E-state index contributed by atoms with van der Waals surface area (Å²) in [4.78, 5) is 27.5. The van der Waals surface area contributed by atoms with Gasteiger partial charge in [0.1, 0.15) is 5.82 Å². The fourth-order valence-corrected chi connectivity index (χ4v) is 4.42. The van der Waals surface area contributed by atoms with E-state index in [0.29, 0.717) is 11.1 Å². The first kappa shape index (κ1) is 19.3. The van der Waals surface area contributed by atoms with Crippen LogP contribution in [0, 0.1) is 5.82 Å². The summed E-state index contributed by atoms with van der Waals surface area (Å²) in [6, 6.07) is 10.0. The number of carbonyl (C=O) groups excluding carboxylic acids is 2. The minimum absolute atomic E-state index is 0.0215. The molecule has 2 aromatic carbocycles. The minimum atomic E-state index is -0.431. The number of anilines is 1. The van der Waals surface area contributed by atoms with Gasteiger partial charge in [-0.15, -0.1) is 0 Å². The first-order valence-corrected chi connectivity index (χ1v) is 9.95. The number of ketones is 2. The van der Waals surface area contributed by atoms with Gasteiger partial charge in [0.2, 0.25) is 0 Å². The van der Waals surface area contributed by atoms with E-state index >= 15 is 4.39 Å². The van der Waals surface area contributed by atoms with Crippen molar-refractivity contribution in [2.45, 2.75) is 39.7 Å². The van der Waals surface area contributed by atoms with Gasteiger partial charge in [0.15, 0.2) is 11.6 Å². The number of rotatable bonds is 3. The molecule has 29 heavy (non-hydrogen) atoms. The highest BCUT2D eigenvalue weighted by Gasteiger charge is 2.34. The SMILES string of the molecule is CCCN1c2cc(F)c(C=C3C(=O)c4ccccc4C3=O)cc2C(C)=CC1(C)C. The van der Waals surface area contributed by atoms with Crippen LogP contribution >= 0.6 is 0 Å². The summed E-state index contributed by atoms with van der Waals surface area (Å²) in [6.07, 6.45) is 4.53. The van der Waals surface area contributed by atoms with Crippen LogP contribution in [0.1, 0.15) is 66.0 Å². The zero-order valence-corrected chi connectivity index (χ0v) is 17.2. The monoisotopic (exact) mass is 389 g/mol. The van der Waals surface area contributed by atoms with Crippen molar-refractivity contribution in [1.82, 2.24) is 0 Å². The second-order valence-electron chi connectivity index (χ2n) is 8.29. The van der Waals surface area contributed by atoms with Crippen LogP contribution in [-0.4, -0.2) is 23.7 Å². The van der Waals surface area contributed by atoms with Gasteiger partial charge in [0.05, 0.1) is 11.1 Å². The molecule has 0 amide bonds. The Bertz CT molecular complexity index is 1070. The van der Waals surface area contributed by atoms with E-state index in [-0.39, 0.29) is 28.2 Å². The maximum absolute atomic E-state index is 15.1. The number of hydrogen-bond donors (Lipinski definition) is 0. The van der Waals surface area contributed by atoms with E-state index in [2.05, 4.69) is 31.7 Å². The Morgan fingerprint density at radius 1 is 1.03 bits per heavy atom. The van der Waals surface area contributed by atoms with E-state index in [4.69, 9.17) is 0 Å². The van der Waals surface area contributed by atoms with Crippen LogP contribution < -0.4 is 4.90 Å². The van der Waals surface area contributed by atoms with Crippen LogP contribution in [0.15, 0.2) is 48.0 Å². The van der Waals surface area contributed by atoms with Crippen LogP contribution in [0.4, 0.5) is 10.1 Å². The molecule has 4 rings (SSSR count). The largest absolute Gasteiger partial charge is 0.362 e. The Labute approximate surface area is 170 Å². The van der Waals surface area contributed by atoms with Gasteiger partial charge in [0.25, 0.3) is 0 Å². The molecular weight excluding hydrogens is 365 g/mol. The van der Waals surface area contributed by atoms with Crippen molar-refractivity contribution in [2.24, 2.45) is 0 Å². The molecule has 1 aliphatic heterocycles. The predicted molar refractivity (Wildman–Crippen MR) is 115 cm³/mol. The van der Waals surface area contributed by atoms with Crippen molar-refractivity contribution >= 4 is 28.9 Å². The van der Waals surface area contributed by atoms with E-state index < -0.39 is 5.82 Å². The van der Waals surface area contributed by atoms with Crippen LogP contribution in [0.5, 0.6) is 0 Å². The van der Waals surface area contributed by atoms with E-state index in [1.807, 2.05) is 6.92 Å². The smallest absolute Gasteiger partial charge is 0.197 e. The standard InChI is InChI=1S/C25H24FNO2/c1-5-10-27-22-13-21(26)16(11-19(22)15(2)14-25(27,3)4)12-20-23(28)17-8-6-7-9-18(17)24(20)29/h6-9,11-14H,5,10H2,1-4H3. The topological polar surface area (TPSA) is 37.4 Å². The molecule has 1 heterocycles. The van der Waals surface area contributed by atoms with Crippen LogP contribution in [-0.2, 0) is 0 Å². The van der Waals surface area contributed by atoms with Gasteiger partial charge in [-0.05, 0) is 51.0 Å². The maximum Gasteiger partial charge on any atom is 0.197 e. The van der Waals surface area contributed by atoms with Crippen molar-refractivity contribution in [3.05, 3.63) is 76.1 Å². The van der Waals surface area contributed by atoms with Gasteiger partial charge in [-0.1, -0.05) is 37.3 Å². The lowest BCUT2D eigenvalue weighted by Gasteiger charge is -2.43. The quantitative estimate of drug-likeness (QED) is 0.499. The molecule has 0 saturated carbocycles. The number of carbonyl (C=O) groups is 2. The number of allylic oxidation sites excluding steroid dienone is 2. The molecule has 0 unspecified atom stereocenters. The van der Waals surface area contributed by atoms with Gasteiger partial charge in [-0.2, -0.15) is 0 Å². The molecule has 2 aliphatic rings. The second kappa shape index (κ2) is 6.80. The molecule has 3 nitrogen and oxygen atoms in total. The molecule has 0 radical (unpaired) electrons. The summed E-state index contributed by atoms with van der Waals surface area (Å²) in [7, 11) is 0. The Kier molecular flexibility index (Phi) is 4.53. The molecule has 0 saturated heterocycles. The highest BCUT2D eigenvalue weighted by Crippen LogP contribution is 2.41. The van der Waals surface area contributed by atoms with Gasteiger partial charge in [-0.25, -0.2) is 4.39 Å². The number of nitrogens with zero attached hydrogens (tertiary/aromatic N) is 1. The average molecular weight is 389 g/mol. The number of hydrogen-bond acceptors (Lipinski definition) is 3. The highest BCUT2D eigenvalue weighted by atomic mass is 19.1. The molecular formula is C25H24FNO2. The summed E-state index contributed by atoms with van der Waals surface area (Å²) in [5.74, 6) is -1.12. The summed E-state index contributed by atoms with van der Waals surface area (Å²) in [5.41, 5.74) is 3.68. The highest BCUT2D eigenvalue weighted by molar-refractivity contribution is 6.41. The summed E-state index contributed by atoms with van der Waals surface area (Å²) < 4.78 is 15.1. The second-order valence-corrected chi connectivity index (χ2v) is 8.29. The van der Waals surface area contributed by atoms with Gasteiger partial charge in [-0.3, -0.25) is 9.59 Å². The van der Waals surface area contributed by atoms with E-state index in [9.17, 15) is 9.59 Å². The third kappa shape index (κ3) is 3.03. The van der Waals surface area contributed by atoms with Crippen molar-refractivity contribution < 1.29 is 14.0 Å². The zero-order valence-electron chi connectivity index (χ0n) is 17.2. The molecule has 0 atom stereocenters. The molecule has 0 spiro atoms. The van der Waals surface area contributed by atoms with Crippen molar-refractivity contribution in [1.29, 1.82) is 0 Å². The molecule has 148 valence electrons. The lowest BCUT2D eigenvalue weighted by atomic mass is 9.87. The van der Waals surface area contributed by atoms with Gasteiger partial charge < -0.3 is 4.90 Å². The number of halogens is 1. The molecule has 0 aromatic heterocycles. The summed E-state index contributed by atoms with van der Waals surface area (Å²) >= 11 is 0. The predicted octanol–water partition coefficient (Wildman–Crippen LogP) is 5.70. The lowest BCUT2D eigenvalue weighted by Crippen LogP contribution is -2.45. The third-order valence-corrected chi connectivity index (χ3v) is 5.75. The zero-order chi connectivity index (χ0) is 20.9. The molecule has 4 heteroatoms. The van der Waals surface area contributed by atoms with Crippen LogP contribution in [0.2, 0.25) is 0 Å². The van der Waals surface area contributed by atoms with Gasteiger partial charge in [0, 0.05) is 34.5 Å². The van der Waals surface area contributed by atoms with Crippen LogP contribution in [0.3, 0.4) is 0 Å².